The number of rotatable bonds is 8. The van der Waals surface area contributed by atoms with E-state index in [4.69, 9.17) is 21.1 Å². The Labute approximate surface area is 207 Å². The molecule has 0 aliphatic heterocycles. The van der Waals surface area contributed by atoms with Gasteiger partial charge in [-0.2, -0.15) is 13.2 Å². The zero-order chi connectivity index (χ0) is 25.8. The summed E-state index contributed by atoms with van der Waals surface area (Å²) >= 11 is 6.38. The third kappa shape index (κ3) is 6.51. The lowest BCUT2D eigenvalue weighted by atomic mass is 9.84. The molecular weight excluding hydrogens is 481 g/mol. The number of carbonyl (C=O) groups is 1. The van der Waals surface area contributed by atoms with Gasteiger partial charge in [-0.1, -0.05) is 48.9 Å². The van der Waals surface area contributed by atoms with E-state index in [0.717, 1.165) is 17.3 Å². The number of ether oxygens (including phenoxy) is 2. The molecule has 5 nitrogen and oxygen atoms in total. The minimum Gasteiger partial charge on any atom is -0.489 e. The molecule has 0 aliphatic rings. The van der Waals surface area contributed by atoms with Crippen molar-refractivity contribution in [2.24, 2.45) is 0 Å². The van der Waals surface area contributed by atoms with Gasteiger partial charge < -0.3 is 9.47 Å². The first kappa shape index (κ1) is 26.5. The number of esters is 1. The highest BCUT2D eigenvalue weighted by molar-refractivity contribution is 6.31. The van der Waals surface area contributed by atoms with E-state index >= 15 is 0 Å². The fraction of sp³-hybridized carbons (Fsp3) is 0.346. The van der Waals surface area contributed by atoms with Gasteiger partial charge >= 0.3 is 12.1 Å². The molecule has 186 valence electrons. The zero-order valence-electron chi connectivity index (χ0n) is 19.8. The van der Waals surface area contributed by atoms with Crippen molar-refractivity contribution >= 4 is 17.6 Å². The highest BCUT2D eigenvalue weighted by Crippen LogP contribution is 2.45. The van der Waals surface area contributed by atoms with Crippen LogP contribution in [0.1, 0.15) is 59.7 Å². The van der Waals surface area contributed by atoms with E-state index in [1.54, 1.807) is 26.0 Å². The van der Waals surface area contributed by atoms with Gasteiger partial charge in [0.05, 0.1) is 24.4 Å². The molecule has 1 heterocycles. The molecule has 0 bridgehead atoms. The molecule has 0 spiro atoms. The molecule has 0 N–H and O–H groups in total. The Morgan fingerprint density at radius 1 is 1.06 bits per heavy atom. The average Bonchev–Trinajstić information content (AvgIpc) is 2.82. The van der Waals surface area contributed by atoms with Crippen LogP contribution in [0.5, 0.6) is 5.75 Å². The number of aryl methyl sites for hydroxylation is 1. The van der Waals surface area contributed by atoms with Gasteiger partial charge in [0.1, 0.15) is 18.3 Å². The number of carbonyl (C=O) groups excluding carboxylic acids is 1. The highest BCUT2D eigenvalue weighted by Gasteiger charge is 2.46. The summed E-state index contributed by atoms with van der Waals surface area (Å²) < 4.78 is 52.4. The molecule has 3 rings (SSSR count). The van der Waals surface area contributed by atoms with Crippen molar-refractivity contribution in [3.05, 3.63) is 88.0 Å². The third-order valence-electron chi connectivity index (χ3n) is 5.87. The van der Waals surface area contributed by atoms with E-state index in [0.29, 0.717) is 17.0 Å². The molecule has 1 aromatic heterocycles. The maximum atomic E-state index is 13.9. The molecule has 3 unspecified atom stereocenters. The largest absolute Gasteiger partial charge is 0.489 e. The van der Waals surface area contributed by atoms with Gasteiger partial charge in [0.25, 0.3) is 0 Å². The van der Waals surface area contributed by atoms with Crippen molar-refractivity contribution in [2.45, 2.75) is 51.3 Å². The van der Waals surface area contributed by atoms with Crippen molar-refractivity contribution < 1.29 is 27.4 Å². The SMILES string of the molecule is COC(=O)C(C)c1ccc(COc2ccc(C(C)C(c3cnc(C)cn3)C(F)(F)F)c(Cl)c2)cc1. The molecular formula is C26H26ClF3N2O3. The van der Waals surface area contributed by atoms with Gasteiger partial charge in [-0.3, -0.25) is 14.8 Å². The Bertz CT molecular complexity index is 1150. The van der Waals surface area contributed by atoms with Crippen LogP contribution in [0, 0.1) is 6.92 Å². The van der Waals surface area contributed by atoms with E-state index in [1.165, 1.54) is 26.3 Å². The summed E-state index contributed by atoms with van der Waals surface area (Å²) in [5.41, 5.74) is 2.39. The predicted octanol–water partition coefficient (Wildman–Crippen LogP) is 6.74. The second-order valence-electron chi connectivity index (χ2n) is 8.35. The maximum Gasteiger partial charge on any atom is 0.397 e. The molecule has 0 fully saturated rings. The first-order valence-corrected chi connectivity index (χ1v) is 11.3. The molecule has 9 heteroatoms. The van der Waals surface area contributed by atoms with E-state index in [-0.39, 0.29) is 29.2 Å². The fourth-order valence-electron chi connectivity index (χ4n) is 3.80. The Morgan fingerprint density at radius 2 is 1.74 bits per heavy atom. The summed E-state index contributed by atoms with van der Waals surface area (Å²) in [6.07, 6.45) is -2.05. The molecule has 3 atom stereocenters. The topological polar surface area (TPSA) is 61.3 Å². The van der Waals surface area contributed by atoms with E-state index in [2.05, 4.69) is 9.97 Å². The second kappa shape index (κ2) is 11.1. The Morgan fingerprint density at radius 3 is 2.29 bits per heavy atom. The summed E-state index contributed by atoms with van der Waals surface area (Å²) in [6, 6.07) is 12.0. The van der Waals surface area contributed by atoms with Crippen LogP contribution in [0.2, 0.25) is 5.02 Å². The van der Waals surface area contributed by atoms with Crippen LogP contribution in [0.3, 0.4) is 0 Å². The zero-order valence-corrected chi connectivity index (χ0v) is 20.5. The van der Waals surface area contributed by atoms with E-state index in [1.807, 2.05) is 24.3 Å². The van der Waals surface area contributed by atoms with Crippen LogP contribution < -0.4 is 4.74 Å². The van der Waals surface area contributed by atoms with Crippen molar-refractivity contribution in [1.29, 1.82) is 0 Å². The van der Waals surface area contributed by atoms with Gasteiger partial charge in [0, 0.05) is 17.4 Å². The van der Waals surface area contributed by atoms with Gasteiger partial charge in [-0.05, 0) is 48.6 Å². The van der Waals surface area contributed by atoms with Crippen LogP contribution >= 0.6 is 11.6 Å². The number of aromatic nitrogens is 2. The molecule has 2 aromatic carbocycles. The minimum absolute atomic E-state index is 0.156. The predicted molar refractivity (Wildman–Crippen MR) is 127 cm³/mol. The number of methoxy groups -OCH3 is 1. The lowest BCUT2D eigenvalue weighted by Crippen LogP contribution is -2.27. The summed E-state index contributed by atoms with van der Waals surface area (Å²) in [5, 5.41) is 0.173. The molecule has 0 radical (unpaired) electrons. The van der Waals surface area contributed by atoms with Crippen molar-refractivity contribution in [2.75, 3.05) is 7.11 Å². The van der Waals surface area contributed by atoms with Crippen molar-refractivity contribution in [1.82, 2.24) is 9.97 Å². The molecule has 0 saturated carbocycles. The Balaban J connectivity index is 1.73. The molecule has 0 aliphatic carbocycles. The normalized spacial score (nSPS) is 14.2. The van der Waals surface area contributed by atoms with Crippen molar-refractivity contribution in [3.8, 4) is 5.75 Å². The monoisotopic (exact) mass is 506 g/mol. The second-order valence-corrected chi connectivity index (χ2v) is 8.76. The van der Waals surface area contributed by atoms with Gasteiger partial charge in [-0.15, -0.1) is 0 Å². The minimum atomic E-state index is -4.53. The number of hydrogen-bond acceptors (Lipinski definition) is 5. The standard InChI is InChI=1S/C26H26ClF3N2O3/c1-15-12-32-23(13-31-15)24(26(28,29)30)17(3)21-10-9-20(11-22(21)27)35-14-18-5-7-19(8-6-18)16(2)25(33)34-4/h5-13,16-17,24H,14H2,1-4H3. The summed E-state index contributed by atoms with van der Waals surface area (Å²) in [5.74, 6) is -3.12. The molecule has 0 saturated heterocycles. The molecule has 35 heavy (non-hydrogen) atoms. The molecule has 3 aromatic rings. The van der Waals surface area contributed by atoms with Crippen LogP contribution in [0.4, 0.5) is 13.2 Å². The Kier molecular flexibility index (Phi) is 8.38. The fourth-order valence-corrected chi connectivity index (χ4v) is 4.14. The summed E-state index contributed by atoms with van der Waals surface area (Å²) in [7, 11) is 1.35. The lowest BCUT2D eigenvalue weighted by Gasteiger charge is -2.27. The number of halogens is 4. The average molecular weight is 507 g/mol. The van der Waals surface area contributed by atoms with Gasteiger partial charge in [0.2, 0.25) is 0 Å². The summed E-state index contributed by atoms with van der Waals surface area (Å²) in [4.78, 5) is 19.6. The van der Waals surface area contributed by atoms with Crippen LogP contribution in [0.15, 0.2) is 54.9 Å². The van der Waals surface area contributed by atoms with Crippen LogP contribution in [-0.4, -0.2) is 29.2 Å². The number of benzene rings is 2. The maximum absolute atomic E-state index is 13.9. The highest BCUT2D eigenvalue weighted by atomic mass is 35.5. The van der Waals surface area contributed by atoms with E-state index in [9.17, 15) is 18.0 Å². The van der Waals surface area contributed by atoms with Crippen molar-refractivity contribution in [3.63, 3.8) is 0 Å². The number of alkyl halides is 3. The van der Waals surface area contributed by atoms with Crippen LogP contribution in [0.25, 0.3) is 0 Å². The quantitative estimate of drug-likeness (QED) is 0.316. The van der Waals surface area contributed by atoms with Gasteiger partial charge in [0.15, 0.2) is 0 Å². The lowest BCUT2D eigenvalue weighted by molar-refractivity contribution is -0.155. The first-order valence-electron chi connectivity index (χ1n) is 11.0. The molecule has 0 amide bonds. The third-order valence-corrected chi connectivity index (χ3v) is 6.20. The first-order chi connectivity index (χ1) is 16.5. The van der Waals surface area contributed by atoms with E-state index < -0.39 is 18.0 Å². The Hall–Kier alpha value is -3.13. The van der Waals surface area contributed by atoms with Crippen LogP contribution in [-0.2, 0) is 16.1 Å². The number of hydrogen-bond donors (Lipinski definition) is 0. The van der Waals surface area contributed by atoms with Gasteiger partial charge in [-0.25, -0.2) is 0 Å². The summed E-state index contributed by atoms with van der Waals surface area (Å²) in [6.45, 7) is 5.12. The number of nitrogens with zero attached hydrogens (tertiary/aromatic N) is 2. The smallest absolute Gasteiger partial charge is 0.397 e.